The van der Waals surface area contributed by atoms with Crippen LogP contribution in [0.3, 0.4) is 0 Å². The summed E-state index contributed by atoms with van der Waals surface area (Å²) in [5.41, 5.74) is 2.81. The molecule has 3 N–H and O–H groups in total. The van der Waals surface area contributed by atoms with Crippen LogP contribution in [0.5, 0.6) is 0 Å². The van der Waals surface area contributed by atoms with Crippen LogP contribution < -0.4 is 11.3 Å². The lowest BCUT2D eigenvalue weighted by Crippen LogP contribution is -2.31. The van der Waals surface area contributed by atoms with Crippen LogP contribution in [0, 0.1) is 0 Å². The van der Waals surface area contributed by atoms with E-state index in [-0.39, 0.29) is 6.04 Å². The first kappa shape index (κ1) is 12.2. The molecule has 0 fully saturated rings. The zero-order valence-electron chi connectivity index (χ0n) is 9.71. The van der Waals surface area contributed by atoms with E-state index in [1.54, 1.807) is 18.0 Å². The van der Waals surface area contributed by atoms with Gasteiger partial charge in [0.1, 0.15) is 5.82 Å². The van der Waals surface area contributed by atoms with E-state index in [0.29, 0.717) is 0 Å². The normalized spacial score (nSPS) is 12.6. The molecule has 17 heavy (non-hydrogen) atoms. The van der Waals surface area contributed by atoms with Gasteiger partial charge in [-0.1, -0.05) is 18.2 Å². The molecular formula is C12H16N4S. The van der Waals surface area contributed by atoms with Gasteiger partial charge in [0, 0.05) is 30.1 Å². The van der Waals surface area contributed by atoms with Gasteiger partial charge in [0.05, 0.1) is 6.04 Å². The molecule has 0 saturated carbocycles. The molecule has 1 atom stereocenters. The van der Waals surface area contributed by atoms with Crippen molar-refractivity contribution in [2.24, 2.45) is 12.9 Å². The second-order valence-corrected chi connectivity index (χ2v) is 4.83. The average molecular weight is 248 g/mol. The van der Waals surface area contributed by atoms with Crippen molar-refractivity contribution in [1.82, 2.24) is 15.0 Å². The van der Waals surface area contributed by atoms with Gasteiger partial charge in [-0.3, -0.25) is 5.84 Å². The van der Waals surface area contributed by atoms with Crippen molar-refractivity contribution in [3.8, 4) is 0 Å². The number of rotatable bonds is 5. The number of hydrogen-bond donors (Lipinski definition) is 2. The number of benzene rings is 1. The molecule has 1 aromatic carbocycles. The second kappa shape index (κ2) is 5.86. The predicted molar refractivity (Wildman–Crippen MR) is 70.4 cm³/mol. The SMILES string of the molecule is Cn1ccnc1C(CSc1ccccc1)NN. The molecule has 1 unspecified atom stereocenters. The van der Waals surface area contributed by atoms with Crippen LogP contribution in [0.15, 0.2) is 47.6 Å². The fourth-order valence-electron chi connectivity index (χ4n) is 1.61. The molecule has 4 nitrogen and oxygen atoms in total. The summed E-state index contributed by atoms with van der Waals surface area (Å²) in [6, 6.07) is 10.3. The lowest BCUT2D eigenvalue weighted by molar-refractivity contribution is 0.557. The smallest absolute Gasteiger partial charge is 0.127 e. The standard InChI is InChI=1S/C12H16N4S/c1-16-8-7-14-12(16)11(15-13)9-17-10-5-3-2-4-6-10/h2-8,11,15H,9,13H2,1H3. The number of thioether (sulfide) groups is 1. The van der Waals surface area contributed by atoms with Crippen molar-refractivity contribution in [3.63, 3.8) is 0 Å². The Morgan fingerprint density at radius 2 is 2.18 bits per heavy atom. The summed E-state index contributed by atoms with van der Waals surface area (Å²) in [6.07, 6.45) is 3.71. The zero-order valence-corrected chi connectivity index (χ0v) is 10.5. The number of hydrogen-bond acceptors (Lipinski definition) is 4. The molecule has 0 aliphatic heterocycles. The monoisotopic (exact) mass is 248 g/mol. The van der Waals surface area contributed by atoms with E-state index in [1.165, 1.54) is 4.90 Å². The molecule has 0 radical (unpaired) electrons. The highest BCUT2D eigenvalue weighted by atomic mass is 32.2. The molecule has 0 aliphatic rings. The van der Waals surface area contributed by atoms with Gasteiger partial charge in [0.15, 0.2) is 0 Å². The van der Waals surface area contributed by atoms with Crippen LogP contribution in [0.2, 0.25) is 0 Å². The fourth-order valence-corrected chi connectivity index (χ4v) is 2.56. The summed E-state index contributed by atoms with van der Waals surface area (Å²) in [5.74, 6) is 7.39. The molecule has 1 heterocycles. The number of aromatic nitrogens is 2. The second-order valence-electron chi connectivity index (χ2n) is 3.74. The van der Waals surface area contributed by atoms with Gasteiger partial charge < -0.3 is 4.57 Å². The van der Waals surface area contributed by atoms with Gasteiger partial charge in [0.2, 0.25) is 0 Å². The fraction of sp³-hybridized carbons (Fsp3) is 0.250. The van der Waals surface area contributed by atoms with E-state index in [0.717, 1.165) is 11.6 Å². The van der Waals surface area contributed by atoms with Gasteiger partial charge in [-0.25, -0.2) is 10.4 Å². The first-order valence-corrected chi connectivity index (χ1v) is 6.41. The van der Waals surface area contributed by atoms with Gasteiger partial charge in [-0.05, 0) is 12.1 Å². The van der Waals surface area contributed by atoms with Crippen LogP contribution >= 0.6 is 11.8 Å². The number of nitrogens with one attached hydrogen (secondary N) is 1. The number of nitrogens with zero attached hydrogens (tertiary/aromatic N) is 2. The molecule has 0 aliphatic carbocycles. The van der Waals surface area contributed by atoms with E-state index >= 15 is 0 Å². The minimum Gasteiger partial charge on any atom is -0.337 e. The highest BCUT2D eigenvalue weighted by Crippen LogP contribution is 2.22. The maximum Gasteiger partial charge on any atom is 0.127 e. The van der Waals surface area contributed by atoms with Crippen LogP contribution in [-0.4, -0.2) is 15.3 Å². The summed E-state index contributed by atoms with van der Waals surface area (Å²) in [4.78, 5) is 5.54. The van der Waals surface area contributed by atoms with Crippen molar-refractivity contribution in [2.75, 3.05) is 5.75 Å². The minimum atomic E-state index is 0.0557. The Morgan fingerprint density at radius 3 is 2.76 bits per heavy atom. The van der Waals surface area contributed by atoms with E-state index in [2.05, 4.69) is 22.5 Å². The van der Waals surface area contributed by atoms with Crippen molar-refractivity contribution >= 4 is 11.8 Å². The van der Waals surface area contributed by atoms with Gasteiger partial charge >= 0.3 is 0 Å². The molecule has 2 rings (SSSR count). The topological polar surface area (TPSA) is 55.9 Å². The molecule has 0 bridgehead atoms. The third-order valence-corrected chi connectivity index (χ3v) is 3.64. The van der Waals surface area contributed by atoms with Gasteiger partial charge in [0.25, 0.3) is 0 Å². The summed E-state index contributed by atoms with van der Waals surface area (Å²) in [5, 5.41) is 0. The molecule has 0 spiro atoms. The molecule has 0 amide bonds. The quantitative estimate of drug-likeness (QED) is 0.480. The first-order chi connectivity index (χ1) is 8.31. The summed E-state index contributed by atoms with van der Waals surface area (Å²) < 4.78 is 1.98. The zero-order chi connectivity index (χ0) is 12.1. The third-order valence-electron chi connectivity index (χ3n) is 2.53. The van der Waals surface area contributed by atoms with E-state index in [1.807, 2.05) is 36.0 Å². The molecule has 1 aromatic heterocycles. The van der Waals surface area contributed by atoms with Gasteiger partial charge in [-0.15, -0.1) is 11.8 Å². The Bertz CT molecular complexity index is 455. The van der Waals surface area contributed by atoms with Crippen molar-refractivity contribution < 1.29 is 0 Å². The number of aryl methyl sites for hydroxylation is 1. The molecule has 0 saturated heterocycles. The average Bonchev–Trinajstić information content (AvgIpc) is 2.78. The Hall–Kier alpha value is -1.30. The lowest BCUT2D eigenvalue weighted by atomic mass is 10.3. The summed E-state index contributed by atoms with van der Waals surface area (Å²) in [7, 11) is 1.97. The molecular weight excluding hydrogens is 232 g/mol. The third kappa shape index (κ3) is 3.09. The van der Waals surface area contributed by atoms with E-state index < -0.39 is 0 Å². The minimum absolute atomic E-state index is 0.0557. The maximum atomic E-state index is 5.58. The maximum absolute atomic E-state index is 5.58. The number of imidazole rings is 1. The summed E-state index contributed by atoms with van der Waals surface area (Å²) >= 11 is 1.76. The number of nitrogens with two attached hydrogens (primary N) is 1. The Labute approximate surface area is 105 Å². The highest BCUT2D eigenvalue weighted by molar-refractivity contribution is 7.99. The largest absolute Gasteiger partial charge is 0.337 e. The highest BCUT2D eigenvalue weighted by Gasteiger charge is 2.14. The van der Waals surface area contributed by atoms with Crippen molar-refractivity contribution in [3.05, 3.63) is 48.5 Å². The predicted octanol–water partition coefficient (Wildman–Crippen LogP) is 1.72. The summed E-state index contributed by atoms with van der Waals surface area (Å²) in [6.45, 7) is 0. The van der Waals surface area contributed by atoms with Crippen LogP contribution in [0.25, 0.3) is 0 Å². The van der Waals surface area contributed by atoms with Crippen LogP contribution in [0.4, 0.5) is 0 Å². The van der Waals surface area contributed by atoms with Crippen LogP contribution in [-0.2, 0) is 7.05 Å². The Kier molecular flexibility index (Phi) is 4.19. The lowest BCUT2D eigenvalue weighted by Gasteiger charge is -2.15. The van der Waals surface area contributed by atoms with Crippen molar-refractivity contribution in [2.45, 2.75) is 10.9 Å². The first-order valence-electron chi connectivity index (χ1n) is 5.42. The molecule has 2 aromatic rings. The Morgan fingerprint density at radius 1 is 1.41 bits per heavy atom. The number of hydrazine groups is 1. The van der Waals surface area contributed by atoms with Gasteiger partial charge in [-0.2, -0.15) is 0 Å². The van der Waals surface area contributed by atoms with E-state index in [9.17, 15) is 0 Å². The van der Waals surface area contributed by atoms with E-state index in [4.69, 9.17) is 5.84 Å². The molecule has 5 heteroatoms. The van der Waals surface area contributed by atoms with Crippen molar-refractivity contribution in [1.29, 1.82) is 0 Å². The molecule has 90 valence electrons. The Balaban J connectivity index is 2.00. The van der Waals surface area contributed by atoms with Crippen LogP contribution in [0.1, 0.15) is 11.9 Å².